The molecule has 5 rings (SSSR count). The van der Waals surface area contributed by atoms with E-state index in [0.29, 0.717) is 12.5 Å². The first-order chi connectivity index (χ1) is 10.8. The van der Waals surface area contributed by atoms with Crippen molar-refractivity contribution >= 4 is 22.9 Å². The molecule has 0 spiro atoms. The van der Waals surface area contributed by atoms with Crippen molar-refractivity contribution in [3.63, 3.8) is 0 Å². The summed E-state index contributed by atoms with van der Waals surface area (Å²) in [5, 5.41) is 2.03. The van der Waals surface area contributed by atoms with Gasteiger partial charge < -0.3 is 9.80 Å². The summed E-state index contributed by atoms with van der Waals surface area (Å²) in [6, 6.07) is 4.33. The number of carbonyl (C=O) groups excluding carboxylic acids is 1. The molecule has 3 saturated heterocycles. The number of fused-ring (bicyclic) bond motifs is 4. The molecule has 2 bridgehead atoms. The Kier molecular flexibility index (Phi) is 3.54. The third kappa shape index (κ3) is 2.47. The zero-order chi connectivity index (χ0) is 14.9. The number of nitrogens with zero attached hydrogens (tertiary/aromatic N) is 4. The smallest absolute Gasteiger partial charge is 0.228 e. The van der Waals surface area contributed by atoms with Crippen molar-refractivity contribution < 1.29 is 4.79 Å². The molecule has 2 atom stereocenters. The molecule has 5 nitrogen and oxygen atoms in total. The zero-order valence-corrected chi connectivity index (χ0v) is 13.1. The van der Waals surface area contributed by atoms with E-state index in [1.165, 1.54) is 0 Å². The van der Waals surface area contributed by atoms with Crippen molar-refractivity contribution in [3.8, 4) is 0 Å². The number of amides is 1. The van der Waals surface area contributed by atoms with Crippen LogP contribution in [0.1, 0.15) is 18.5 Å². The molecule has 2 aromatic rings. The predicted octanol–water partition coefficient (Wildman–Crippen LogP) is 2.17. The number of hydrogen-bond acceptors (Lipinski definition) is 5. The van der Waals surface area contributed by atoms with Gasteiger partial charge in [0.2, 0.25) is 5.91 Å². The molecule has 6 heteroatoms. The molecule has 2 aromatic heterocycles. The van der Waals surface area contributed by atoms with E-state index in [-0.39, 0.29) is 12.0 Å². The summed E-state index contributed by atoms with van der Waals surface area (Å²) in [5.41, 5.74) is 4.00. The minimum atomic E-state index is 0.102. The first-order valence-electron chi connectivity index (χ1n) is 7.64. The highest BCUT2D eigenvalue weighted by Gasteiger charge is 2.40. The summed E-state index contributed by atoms with van der Waals surface area (Å²) in [7, 11) is 0. The van der Waals surface area contributed by atoms with E-state index in [9.17, 15) is 4.79 Å². The molecular formula is C16H18N4OS. The van der Waals surface area contributed by atoms with Gasteiger partial charge in [0.15, 0.2) is 0 Å². The van der Waals surface area contributed by atoms with E-state index < -0.39 is 0 Å². The number of anilines is 1. The SMILES string of the molecule is O=C1[C@H]2CC[C@H](CN(c3ccncc3)C2)N1Cc1cscn1. The first kappa shape index (κ1) is 13.7. The number of pyridine rings is 1. The molecule has 114 valence electrons. The second-order valence-electron chi connectivity index (χ2n) is 5.98. The van der Waals surface area contributed by atoms with Crippen molar-refractivity contribution in [3.05, 3.63) is 41.1 Å². The van der Waals surface area contributed by atoms with Crippen LogP contribution in [0.4, 0.5) is 5.69 Å². The highest BCUT2D eigenvalue weighted by Crippen LogP contribution is 2.32. The largest absolute Gasteiger partial charge is 0.369 e. The molecule has 0 saturated carbocycles. The highest BCUT2D eigenvalue weighted by molar-refractivity contribution is 7.07. The Bertz CT molecular complexity index is 645. The fourth-order valence-electron chi connectivity index (χ4n) is 3.50. The lowest BCUT2D eigenvalue weighted by atomic mass is 9.94. The van der Waals surface area contributed by atoms with Gasteiger partial charge in [-0.25, -0.2) is 4.98 Å². The molecule has 1 amide bonds. The van der Waals surface area contributed by atoms with Gasteiger partial charge in [-0.1, -0.05) is 0 Å². The summed E-state index contributed by atoms with van der Waals surface area (Å²) in [6.07, 6.45) is 5.72. The van der Waals surface area contributed by atoms with Crippen LogP contribution in [-0.2, 0) is 11.3 Å². The van der Waals surface area contributed by atoms with E-state index in [0.717, 1.165) is 37.3 Å². The van der Waals surface area contributed by atoms with Gasteiger partial charge in [0, 0.05) is 42.6 Å². The van der Waals surface area contributed by atoms with E-state index in [1.54, 1.807) is 11.3 Å². The molecular weight excluding hydrogens is 296 g/mol. The van der Waals surface area contributed by atoms with Gasteiger partial charge in [0.25, 0.3) is 0 Å². The number of carbonyl (C=O) groups is 1. The Balaban J connectivity index is 1.59. The molecule has 3 aliphatic rings. The maximum absolute atomic E-state index is 12.8. The molecule has 5 heterocycles. The number of thiazole rings is 1. The van der Waals surface area contributed by atoms with E-state index in [2.05, 4.69) is 14.9 Å². The summed E-state index contributed by atoms with van der Waals surface area (Å²) >= 11 is 1.59. The number of rotatable bonds is 3. The fraction of sp³-hybridized carbons (Fsp3) is 0.438. The standard InChI is InChI=1S/C16H18N4OS/c21-16-12-1-2-15(20(16)8-13-10-22-11-18-13)9-19(7-12)14-3-5-17-6-4-14/h3-6,10-12,15H,1-2,7-9H2/t12-,15+/m0/s1. The number of hydrogen-bond donors (Lipinski definition) is 0. The lowest BCUT2D eigenvalue weighted by Gasteiger charge is -2.35. The van der Waals surface area contributed by atoms with Crippen molar-refractivity contribution in [2.75, 3.05) is 18.0 Å². The normalized spacial score (nSPS) is 24.6. The minimum absolute atomic E-state index is 0.102. The Morgan fingerprint density at radius 2 is 2.09 bits per heavy atom. The van der Waals surface area contributed by atoms with Gasteiger partial charge in [-0.2, -0.15) is 0 Å². The minimum Gasteiger partial charge on any atom is -0.369 e. The van der Waals surface area contributed by atoms with Crippen LogP contribution in [0.5, 0.6) is 0 Å². The molecule has 0 aromatic carbocycles. The number of aromatic nitrogens is 2. The average molecular weight is 314 g/mol. The van der Waals surface area contributed by atoms with Gasteiger partial charge in [-0.3, -0.25) is 9.78 Å². The molecule has 3 aliphatic heterocycles. The maximum Gasteiger partial charge on any atom is 0.228 e. The Morgan fingerprint density at radius 3 is 2.86 bits per heavy atom. The van der Waals surface area contributed by atoms with E-state index in [1.807, 2.05) is 40.3 Å². The second-order valence-corrected chi connectivity index (χ2v) is 6.70. The lowest BCUT2D eigenvalue weighted by Crippen LogP contribution is -2.47. The molecule has 22 heavy (non-hydrogen) atoms. The average Bonchev–Trinajstić information content (AvgIpc) is 2.92. The van der Waals surface area contributed by atoms with Crippen LogP contribution in [-0.4, -0.2) is 39.9 Å². The third-order valence-electron chi connectivity index (χ3n) is 4.64. The second kappa shape index (κ2) is 5.68. The van der Waals surface area contributed by atoms with Crippen LogP contribution >= 0.6 is 11.3 Å². The van der Waals surface area contributed by atoms with Crippen LogP contribution in [0.25, 0.3) is 0 Å². The Morgan fingerprint density at radius 1 is 1.23 bits per heavy atom. The van der Waals surface area contributed by atoms with Crippen LogP contribution < -0.4 is 4.90 Å². The summed E-state index contributed by atoms with van der Waals surface area (Å²) in [6.45, 7) is 2.36. The fourth-order valence-corrected chi connectivity index (χ4v) is 4.05. The van der Waals surface area contributed by atoms with Crippen molar-refractivity contribution in [2.24, 2.45) is 5.92 Å². The molecule has 0 N–H and O–H groups in total. The quantitative estimate of drug-likeness (QED) is 0.871. The monoisotopic (exact) mass is 314 g/mol. The first-order valence-corrected chi connectivity index (χ1v) is 8.58. The van der Waals surface area contributed by atoms with Crippen LogP contribution in [0.3, 0.4) is 0 Å². The van der Waals surface area contributed by atoms with Gasteiger partial charge in [-0.15, -0.1) is 11.3 Å². The van der Waals surface area contributed by atoms with E-state index in [4.69, 9.17) is 0 Å². The highest BCUT2D eigenvalue weighted by atomic mass is 32.1. The molecule has 3 fully saturated rings. The molecule has 0 unspecified atom stereocenters. The van der Waals surface area contributed by atoms with Crippen LogP contribution in [0.15, 0.2) is 35.4 Å². The zero-order valence-electron chi connectivity index (χ0n) is 12.3. The van der Waals surface area contributed by atoms with Crippen molar-refractivity contribution in [1.29, 1.82) is 0 Å². The van der Waals surface area contributed by atoms with Crippen molar-refractivity contribution in [2.45, 2.75) is 25.4 Å². The topological polar surface area (TPSA) is 49.3 Å². The van der Waals surface area contributed by atoms with E-state index >= 15 is 0 Å². The van der Waals surface area contributed by atoms with Crippen molar-refractivity contribution in [1.82, 2.24) is 14.9 Å². The van der Waals surface area contributed by atoms with Gasteiger partial charge >= 0.3 is 0 Å². The van der Waals surface area contributed by atoms with Crippen LogP contribution in [0, 0.1) is 5.92 Å². The summed E-state index contributed by atoms with van der Waals surface area (Å²) in [4.78, 5) is 25.6. The molecule has 0 radical (unpaired) electrons. The van der Waals surface area contributed by atoms with Gasteiger partial charge in [0.05, 0.1) is 23.7 Å². The summed E-state index contributed by atoms with van der Waals surface area (Å²) < 4.78 is 0. The Hall–Kier alpha value is -1.95. The lowest BCUT2D eigenvalue weighted by molar-refractivity contribution is -0.140. The summed E-state index contributed by atoms with van der Waals surface area (Å²) in [5.74, 6) is 0.395. The predicted molar refractivity (Wildman–Crippen MR) is 85.6 cm³/mol. The van der Waals surface area contributed by atoms with Gasteiger partial charge in [0.1, 0.15) is 0 Å². The third-order valence-corrected chi connectivity index (χ3v) is 5.27. The Labute approximate surface area is 133 Å². The maximum atomic E-state index is 12.8. The molecule has 0 aliphatic carbocycles. The number of piperidine rings is 1. The van der Waals surface area contributed by atoms with Gasteiger partial charge in [-0.05, 0) is 25.0 Å². The van der Waals surface area contributed by atoms with Crippen LogP contribution in [0.2, 0.25) is 0 Å².